The average Bonchev–Trinajstić information content (AvgIpc) is 2.83. The summed E-state index contributed by atoms with van der Waals surface area (Å²) in [5, 5.41) is 0.234. The number of hydrogen-bond donors (Lipinski definition) is 1. The molecule has 0 radical (unpaired) electrons. The molecule has 148 valence electrons. The van der Waals surface area contributed by atoms with Crippen LogP contribution in [0, 0.1) is 10.8 Å². The first kappa shape index (κ1) is 19.8. The van der Waals surface area contributed by atoms with Crippen LogP contribution in [-0.4, -0.2) is 43.1 Å². The second-order valence-corrected chi connectivity index (χ2v) is 9.29. The van der Waals surface area contributed by atoms with Crippen LogP contribution in [0.2, 0.25) is 5.02 Å². The number of methoxy groups -OCH3 is 1. The fourth-order valence-corrected chi connectivity index (χ4v) is 5.10. The first-order valence-electron chi connectivity index (χ1n) is 9.13. The number of carbonyl (C=O) groups is 2. The number of ether oxygens (including phenoxy) is 2. The molecule has 0 unspecified atom stereocenters. The highest BCUT2D eigenvalue weighted by atomic mass is 35.5. The Morgan fingerprint density at radius 1 is 1.30 bits per heavy atom. The fraction of sp³-hybridized carbons (Fsp3) is 0.600. The average molecular weight is 395 g/mol. The molecule has 1 heterocycles. The molecule has 3 rings (SSSR count). The lowest BCUT2D eigenvalue weighted by molar-refractivity contribution is -0.135. The minimum absolute atomic E-state index is 0.139. The normalized spacial score (nSPS) is 26.0. The van der Waals surface area contributed by atoms with E-state index < -0.39 is 5.97 Å². The van der Waals surface area contributed by atoms with E-state index in [0.29, 0.717) is 12.2 Å². The van der Waals surface area contributed by atoms with E-state index in [1.165, 1.54) is 19.2 Å². The predicted octanol–water partition coefficient (Wildman–Crippen LogP) is 3.51. The molecule has 1 saturated carbocycles. The lowest BCUT2D eigenvalue weighted by Gasteiger charge is -2.39. The van der Waals surface area contributed by atoms with Crippen molar-refractivity contribution in [3.8, 4) is 5.75 Å². The van der Waals surface area contributed by atoms with E-state index in [2.05, 4.69) is 20.8 Å². The lowest BCUT2D eigenvalue weighted by Crippen LogP contribution is -2.39. The van der Waals surface area contributed by atoms with Crippen LogP contribution in [0.3, 0.4) is 0 Å². The number of likely N-dealkylation sites (tertiary alicyclic amines) is 1. The second kappa shape index (κ2) is 6.89. The number of halogens is 1. The van der Waals surface area contributed by atoms with Crippen molar-refractivity contribution in [2.24, 2.45) is 10.8 Å². The van der Waals surface area contributed by atoms with Crippen molar-refractivity contribution in [3.63, 3.8) is 0 Å². The topological polar surface area (TPSA) is 81.9 Å². The lowest BCUT2D eigenvalue weighted by atomic mass is 9.65. The van der Waals surface area contributed by atoms with Gasteiger partial charge >= 0.3 is 5.97 Å². The molecule has 2 N–H and O–H groups in total. The Kier molecular flexibility index (Phi) is 5.06. The summed E-state index contributed by atoms with van der Waals surface area (Å²) < 4.78 is 10.4. The molecular weight excluding hydrogens is 368 g/mol. The van der Waals surface area contributed by atoms with E-state index >= 15 is 0 Å². The van der Waals surface area contributed by atoms with Crippen molar-refractivity contribution in [1.82, 2.24) is 4.90 Å². The van der Waals surface area contributed by atoms with E-state index in [1.54, 1.807) is 0 Å². The van der Waals surface area contributed by atoms with Gasteiger partial charge in [-0.25, -0.2) is 4.79 Å². The van der Waals surface area contributed by atoms with Gasteiger partial charge in [-0.15, -0.1) is 0 Å². The number of amides is 1. The number of carbonyl (C=O) groups excluding carboxylic acids is 2. The molecule has 1 aliphatic heterocycles. The van der Waals surface area contributed by atoms with Gasteiger partial charge in [0.25, 0.3) is 5.91 Å². The van der Waals surface area contributed by atoms with Crippen molar-refractivity contribution in [1.29, 1.82) is 0 Å². The zero-order valence-electron chi connectivity index (χ0n) is 16.3. The van der Waals surface area contributed by atoms with E-state index in [1.807, 2.05) is 4.90 Å². The maximum atomic E-state index is 12.7. The maximum Gasteiger partial charge on any atom is 0.342 e. The van der Waals surface area contributed by atoms with Crippen LogP contribution in [0.1, 0.15) is 50.4 Å². The molecular formula is C20H27ClN2O4. The molecule has 2 fully saturated rings. The number of nitrogens with zero attached hydrogens (tertiary/aromatic N) is 1. The van der Waals surface area contributed by atoms with E-state index in [9.17, 15) is 9.59 Å². The Morgan fingerprint density at radius 3 is 2.67 bits per heavy atom. The Hall–Kier alpha value is -1.95. The fourth-order valence-electron chi connectivity index (χ4n) is 4.94. The summed E-state index contributed by atoms with van der Waals surface area (Å²) in [6.07, 6.45) is 3.09. The van der Waals surface area contributed by atoms with Gasteiger partial charge in [-0.1, -0.05) is 32.4 Å². The maximum absolute atomic E-state index is 12.7. The number of benzene rings is 1. The third-order valence-electron chi connectivity index (χ3n) is 5.60. The van der Waals surface area contributed by atoms with Gasteiger partial charge in [0.1, 0.15) is 11.3 Å². The van der Waals surface area contributed by atoms with Gasteiger partial charge in [0.2, 0.25) is 0 Å². The minimum atomic E-state index is -0.657. The summed E-state index contributed by atoms with van der Waals surface area (Å²) in [4.78, 5) is 27.0. The first-order chi connectivity index (χ1) is 12.5. The number of nitrogens with two attached hydrogens (primary N) is 1. The molecule has 27 heavy (non-hydrogen) atoms. The van der Waals surface area contributed by atoms with E-state index in [-0.39, 0.29) is 45.7 Å². The Bertz CT molecular complexity index is 779. The van der Waals surface area contributed by atoms with E-state index in [4.69, 9.17) is 26.8 Å². The zero-order chi connectivity index (χ0) is 20.0. The van der Waals surface area contributed by atoms with E-state index in [0.717, 1.165) is 19.3 Å². The van der Waals surface area contributed by atoms with Crippen LogP contribution >= 0.6 is 11.6 Å². The van der Waals surface area contributed by atoms with Gasteiger partial charge in [0, 0.05) is 18.7 Å². The summed E-state index contributed by atoms with van der Waals surface area (Å²) in [7, 11) is 1.43. The third kappa shape index (κ3) is 4.00. The molecule has 1 aromatic carbocycles. The van der Waals surface area contributed by atoms with Gasteiger partial charge in [0.05, 0.1) is 17.8 Å². The van der Waals surface area contributed by atoms with Crippen molar-refractivity contribution >= 4 is 29.2 Å². The first-order valence-corrected chi connectivity index (χ1v) is 9.51. The summed E-state index contributed by atoms with van der Waals surface area (Å²) in [5.41, 5.74) is 6.54. The van der Waals surface area contributed by atoms with Gasteiger partial charge in [-0.2, -0.15) is 0 Å². The highest BCUT2D eigenvalue weighted by molar-refractivity contribution is 6.33. The molecule has 2 atom stereocenters. The molecule has 2 bridgehead atoms. The number of hydrogen-bond acceptors (Lipinski definition) is 5. The van der Waals surface area contributed by atoms with Gasteiger partial charge in [-0.05, 0) is 36.2 Å². The second-order valence-electron chi connectivity index (χ2n) is 8.89. The van der Waals surface area contributed by atoms with Crippen molar-refractivity contribution < 1.29 is 19.1 Å². The Labute approximate surface area is 164 Å². The molecule has 1 aromatic rings. The van der Waals surface area contributed by atoms with Crippen molar-refractivity contribution in [2.45, 2.75) is 46.1 Å². The van der Waals surface area contributed by atoms with Gasteiger partial charge in [0.15, 0.2) is 6.61 Å². The summed E-state index contributed by atoms with van der Waals surface area (Å²) in [5.74, 6) is -0.549. The third-order valence-corrected chi connectivity index (χ3v) is 5.93. The Morgan fingerprint density at radius 2 is 2.00 bits per heavy atom. The number of fused-ring (bicyclic) bond motifs is 2. The SMILES string of the molecule is COc1cc(N)c(Cl)cc1C(=O)OCC(=O)N1C[C@@]2(C)C[C@H]1CC(C)(C)C2. The molecule has 0 aromatic heterocycles. The quantitative estimate of drug-likeness (QED) is 0.624. The highest BCUT2D eigenvalue weighted by Gasteiger charge is 2.50. The molecule has 1 saturated heterocycles. The number of esters is 1. The number of anilines is 1. The molecule has 6 nitrogen and oxygen atoms in total. The van der Waals surface area contributed by atoms with Crippen LogP contribution in [-0.2, 0) is 9.53 Å². The smallest absolute Gasteiger partial charge is 0.342 e. The van der Waals surface area contributed by atoms with Crippen LogP contribution in [0.4, 0.5) is 5.69 Å². The molecule has 1 amide bonds. The van der Waals surface area contributed by atoms with Gasteiger partial charge < -0.3 is 20.1 Å². The van der Waals surface area contributed by atoms with Gasteiger partial charge in [-0.3, -0.25) is 4.79 Å². The largest absolute Gasteiger partial charge is 0.496 e. The van der Waals surface area contributed by atoms with Crippen molar-refractivity contribution in [3.05, 3.63) is 22.7 Å². The number of nitrogen functional groups attached to an aromatic ring is 1. The molecule has 7 heteroatoms. The van der Waals surface area contributed by atoms with Crippen LogP contribution in [0.15, 0.2) is 12.1 Å². The summed E-state index contributed by atoms with van der Waals surface area (Å²) in [6.45, 7) is 7.16. The van der Waals surface area contributed by atoms with Crippen molar-refractivity contribution in [2.75, 3.05) is 26.0 Å². The monoisotopic (exact) mass is 394 g/mol. The van der Waals surface area contributed by atoms with Crippen LogP contribution in [0.5, 0.6) is 5.75 Å². The standard InChI is InChI=1S/C20H27ClN2O4/c1-19(2)7-12-8-20(3,10-19)11-23(12)17(24)9-27-18(25)13-5-14(21)15(22)6-16(13)26-4/h5-6,12H,7-11,22H2,1-4H3/t12-,20+/m1/s1. The summed E-state index contributed by atoms with van der Waals surface area (Å²) >= 11 is 5.99. The summed E-state index contributed by atoms with van der Waals surface area (Å²) in [6, 6.07) is 3.08. The molecule has 2 aliphatic rings. The predicted molar refractivity (Wildman–Crippen MR) is 104 cm³/mol. The molecule has 0 spiro atoms. The minimum Gasteiger partial charge on any atom is -0.496 e. The highest BCUT2D eigenvalue weighted by Crippen LogP contribution is 2.52. The number of rotatable bonds is 4. The molecule has 1 aliphatic carbocycles. The Balaban J connectivity index is 1.67. The van der Waals surface area contributed by atoms with Crippen LogP contribution < -0.4 is 10.5 Å². The van der Waals surface area contributed by atoms with Crippen LogP contribution in [0.25, 0.3) is 0 Å². The zero-order valence-corrected chi connectivity index (χ0v) is 17.1.